The summed E-state index contributed by atoms with van der Waals surface area (Å²) in [4.78, 5) is 5.14. The fourth-order valence-electron chi connectivity index (χ4n) is 4.70. The normalized spacial score (nSPS) is 24.9. The highest BCUT2D eigenvalue weighted by Crippen LogP contribution is 2.37. The van der Waals surface area contributed by atoms with Gasteiger partial charge in [0.1, 0.15) is 0 Å². The molecule has 144 valence electrons. The van der Waals surface area contributed by atoms with Gasteiger partial charge in [-0.25, -0.2) is 0 Å². The zero-order valence-electron chi connectivity index (χ0n) is 15.3. The van der Waals surface area contributed by atoms with E-state index in [0.29, 0.717) is 12.1 Å². The number of hydrogen-bond acceptors (Lipinski definition) is 5. The third-order valence-electron chi connectivity index (χ3n) is 6.05. The van der Waals surface area contributed by atoms with Gasteiger partial charge >= 0.3 is 0 Å². The summed E-state index contributed by atoms with van der Waals surface area (Å²) in [6.45, 7) is 4.46. The maximum Gasteiger partial charge on any atom is 0.231 e. The van der Waals surface area contributed by atoms with Crippen molar-refractivity contribution in [3.05, 3.63) is 22.7 Å². The van der Waals surface area contributed by atoms with Gasteiger partial charge < -0.3 is 14.6 Å². The summed E-state index contributed by atoms with van der Waals surface area (Å²) in [6.07, 6.45) is 7.56. The van der Waals surface area contributed by atoms with E-state index >= 15 is 0 Å². The Morgan fingerprint density at radius 1 is 1.08 bits per heavy atom. The largest absolute Gasteiger partial charge is 0.454 e. The molecule has 4 rings (SSSR count). The van der Waals surface area contributed by atoms with E-state index in [1.165, 1.54) is 32.1 Å². The van der Waals surface area contributed by atoms with Crippen LogP contribution in [0.1, 0.15) is 44.1 Å². The first-order valence-corrected chi connectivity index (χ1v) is 10.3. The number of halogens is 1. The molecule has 2 aliphatic heterocycles. The van der Waals surface area contributed by atoms with Crippen molar-refractivity contribution < 1.29 is 14.6 Å². The molecule has 0 bridgehead atoms. The molecule has 3 aliphatic rings. The Hall–Kier alpha value is -1.01. The summed E-state index contributed by atoms with van der Waals surface area (Å²) in [5, 5.41) is 10.3. The summed E-state index contributed by atoms with van der Waals surface area (Å²) in [6, 6.07) is 5.02. The van der Waals surface area contributed by atoms with Gasteiger partial charge in [0.25, 0.3) is 0 Å². The summed E-state index contributed by atoms with van der Waals surface area (Å²) in [5.41, 5.74) is 1.09. The average molecular weight is 381 g/mol. The van der Waals surface area contributed by atoms with Crippen molar-refractivity contribution in [3.63, 3.8) is 0 Å². The van der Waals surface area contributed by atoms with Gasteiger partial charge in [0.2, 0.25) is 6.79 Å². The van der Waals surface area contributed by atoms with Gasteiger partial charge in [-0.1, -0.05) is 30.9 Å². The molecule has 0 aromatic heterocycles. The SMILES string of the molecule is OCC[C@H]1CN(Cc2cc3c(cc2Cl)OCO3)CCN1C1CCCCC1. The maximum absolute atomic E-state index is 9.56. The second-order valence-electron chi connectivity index (χ2n) is 7.73. The van der Waals surface area contributed by atoms with Crippen molar-refractivity contribution in [3.8, 4) is 11.5 Å². The van der Waals surface area contributed by atoms with Gasteiger partial charge in [-0.15, -0.1) is 0 Å². The third kappa shape index (κ3) is 3.96. The summed E-state index contributed by atoms with van der Waals surface area (Å²) in [7, 11) is 0. The Morgan fingerprint density at radius 2 is 1.85 bits per heavy atom. The molecule has 26 heavy (non-hydrogen) atoms. The maximum atomic E-state index is 9.56. The molecular formula is C20H29ClN2O3. The predicted octanol–water partition coefficient (Wildman–Crippen LogP) is 3.27. The fourth-order valence-corrected chi connectivity index (χ4v) is 4.91. The molecule has 1 aliphatic carbocycles. The minimum atomic E-state index is 0.256. The van der Waals surface area contributed by atoms with Gasteiger partial charge in [-0.05, 0) is 30.9 Å². The first kappa shape index (κ1) is 18.4. The van der Waals surface area contributed by atoms with E-state index in [0.717, 1.165) is 54.7 Å². The zero-order chi connectivity index (χ0) is 17.9. The molecule has 1 aromatic rings. The van der Waals surface area contributed by atoms with Crippen LogP contribution in [-0.4, -0.2) is 60.0 Å². The highest BCUT2D eigenvalue weighted by Gasteiger charge is 2.32. The number of benzene rings is 1. The molecule has 0 amide bonds. The van der Waals surface area contributed by atoms with Crippen LogP contribution in [0.5, 0.6) is 11.5 Å². The minimum absolute atomic E-state index is 0.256. The van der Waals surface area contributed by atoms with Crippen LogP contribution in [0.3, 0.4) is 0 Å². The molecule has 6 heteroatoms. The average Bonchev–Trinajstić information content (AvgIpc) is 3.10. The summed E-state index contributed by atoms with van der Waals surface area (Å²) < 4.78 is 10.9. The van der Waals surface area contributed by atoms with E-state index in [4.69, 9.17) is 21.1 Å². The van der Waals surface area contributed by atoms with Gasteiger partial charge in [-0.3, -0.25) is 9.80 Å². The van der Waals surface area contributed by atoms with Gasteiger partial charge in [-0.2, -0.15) is 0 Å². The van der Waals surface area contributed by atoms with Crippen LogP contribution in [0.15, 0.2) is 12.1 Å². The Morgan fingerprint density at radius 3 is 2.62 bits per heavy atom. The topological polar surface area (TPSA) is 45.2 Å². The Kier molecular flexibility index (Phi) is 5.89. The third-order valence-corrected chi connectivity index (χ3v) is 6.41. The molecule has 1 atom stereocenters. The van der Waals surface area contributed by atoms with Crippen molar-refractivity contribution in [2.45, 2.75) is 57.2 Å². The number of hydrogen-bond donors (Lipinski definition) is 1. The quantitative estimate of drug-likeness (QED) is 0.849. The molecule has 2 heterocycles. The number of piperazine rings is 1. The van der Waals surface area contributed by atoms with Crippen molar-refractivity contribution in [2.75, 3.05) is 33.0 Å². The monoisotopic (exact) mass is 380 g/mol. The Bertz CT molecular complexity index is 621. The van der Waals surface area contributed by atoms with Crippen LogP contribution in [0.25, 0.3) is 0 Å². The summed E-state index contributed by atoms with van der Waals surface area (Å²) >= 11 is 6.46. The Balaban J connectivity index is 1.42. The van der Waals surface area contributed by atoms with Crippen molar-refractivity contribution in [2.24, 2.45) is 0 Å². The van der Waals surface area contributed by atoms with Crippen LogP contribution >= 0.6 is 11.6 Å². The zero-order valence-corrected chi connectivity index (χ0v) is 16.1. The second kappa shape index (κ2) is 8.34. The predicted molar refractivity (Wildman–Crippen MR) is 102 cm³/mol. The first-order chi connectivity index (χ1) is 12.7. The van der Waals surface area contributed by atoms with Gasteiger partial charge in [0, 0.05) is 56.0 Å². The Labute approximate surface area is 160 Å². The molecule has 2 fully saturated rings. The van der Waals surface area contributed by atoms with Crippen molar-refractivity contribution >= 4 is 11.6 Å². The van der Waals surface area contributed by atoms with Gasteiger partial charge in [0.05, 0.1) is 0 Å². The van der Waals surface area contributed by atoms with E-state index in [2.05, 4.69) is 9.80 Å². The molecule has 1 saturated heterocycles. The number of rotatable bonds is 5. The van der Waals surface area contributed by atoms with Crippen LogP contribution < -0.4 is 9.47 Å². The standard InChI is InChI=1S/C20H29ClN2O3/c21-18-11-20-19(25-14-26-20)10-15(18)12-22-7-8-23(17(13-22)6-9-24)16-4-2-1-3-5-16/h10-11,16-17,24H,1-9,12-14H2/t17-/m0/s1. The molecule has 5 nitrogen and oxygen atoms in total. The molecule has 1 aromatic carbocycles. The lowest BCUT2D eigenvalue weighted by atomic mass is 9.91. The van der Waals surface area contributed by atoms with Crippen molar-refractivity contribution in [1.82, 2.24) is 9.80 Å². The van der Waals surface area contributed by atoms with E-state index in [1.807, 2.05) is 12.1 Å². The van der Waals surface area contributed by atoms with E-state index in [9.17, 15) is 5.11 Å². The van der Waals surface area contributed by atoms with Crippen LogP contribution in [0.4, 0.5) is 0 Å². The number of fused-ring (bicyclic) bond motifs is 1. The van der Waals surface area contributed by atoms with E-state index in [1.54, 1.807) is 0 Å². The lowest BCUT2D eigenvalue weighted by molar-refractivity contribution is 0.0137. The lowest BCUT2D eigenvalue weighted by Crippen LogP contribution is -2.56. The van der Waals surface area contributed by atoms with E-state index in [-0.39, 0.29) is 13.4 Å². The van der Waals surface area contributed by atoms with Gasteiger partial charge in [0.15, 0.2) is 11.5 Å². The summed E-state index contributed by atoms with van der Waals surface area (Å²) in [5.74, 6) is 1.52. The van der Waals surface area contributed by atoms with Crippen LogP contribution in [0, 0.1) is 0 Å². The minimum Gasteiger partial charge on any atom is -0.454 e. The highest BCUT2D eigenvalue weighted by molar-refractivity contribution is 6.31. The molecule has 1 saturated carbocycles. The lowest BCUT2D eigenvalue weighted by Gasteiger charge is -2.46. The molecule has 0 unspecified atom stereocenters. The number of ether oxygens (including phenoxy) is 2. The molecular weight excluding hydrogens is 352 g/mol. The number of aliphatic hydroxyl groups excluding tert-OH is 1. The smallest absolute Gasteiger partial charge is 0.231 e. The highest BCUT2D eigenvalue weighted by atomic mass is 35.5. The van der Waals surface area contributed by atoms with Crippen LogP contribution in [-0.2, 0) is 6.54 Å². The second-order valence-corrected chi connectivity index (χ2v) is 8.13. The van der Waals surface area contributed by atoms with Crippen molar-refractivity contribution in [1.29, 1.82) is 0 Å². The van der Waals surface area contributed by atoms with E-state index < -0.39 is 0 Å². The van der Waals surface area contributed by atoms with Crippen LogP contribution in [0.2, 0.25) is 5.02 Å². The first-order valence-electron chi connectivity index (χ1n) is 9.91. The molecule has 0 spiro atoms. The number of nitrogens with zero attached hydrogens (tertiary/aromatic N) is 2. The number of aliphatic hydroxyl groups is 1. The molecule has 1 N–H and O–H groups in total. The fraction of sp³-hybridized carbons (Fsp3) is 0.700. The molecule has 0 radical (unpaired) electrons.